The SMILES string of the molecule is COC(=O)Cc1cc(CC#N)ccc1[N+](=O)[O-]. The molecule has 0 amide bonds. The highest BCUT2D eigenvalue weighted by Gasteiger charge is 2.17. The molecule has 0 bridgehead atoms. The molecule has 1 aromatic rings. The third kappa shape index (κ3) is 3.28. The van der Waals surface area contributed by atoms with E-state index in [0.29, 0.717) is 5.56 Å². The lowest BCUT2D eigenvalue weighted by Crippen LogP contribution is -2.07. The van der Waals surface area contributed by atoms with Crippen LogP contribution in [0.4, 0.5) is 5.69 Å². The van der Waals surface area contributed by atoms with Gasteiger partial charge in [-0.1, -0.05) is 6.07 Å². The number of nitrogens with zero attached hydrogens (tertiary/aromatic N) is 2. The summed E-state index contributed by atoms with van der Waals surface area (Å²) in [5.74, 6) is -0.554. The number of methoxy groups -OCH3 is 1. The molecule has 0 saturated carbocycles. The van der Waals surface area contributed by atoms with Crippen LogP contribution >= 0.6 is 0 Å². The molecule has 0 aliphatic heterocycles. The fraction of sp³-hybridized carbons (Fsp3) is 0.273. The van der Waals surface area contributed by atoms with E-state index >= 15 is 0 Å². The molecule has 1 rings (SSSR count). The minimum Gasteiger partial charge on any atom is -0.469 e. The molecule has 0 radical (unpaired) electrons. The fourth-order valence-electron chi connectivity index (χ4n) is 1.39. The van der Waals surface area contributed by atoms with Crippen LogP contribution in [0.1, 0.15) is 11.1 Å². The molecular weight excluding hydrogens is 224 g/mol. The van der Waals surface area contributed by atoms with Gasteiger partial charge in [-0.15, -0.1) is 0 Å². The Hall–Kier alpha value is -2.42. The van der Waals surface area contributed by atoms with Crippen molar-refractivity contribution in [1.82, 2.24) is 0 Å². The first-order valence-corrected chi connectivity index (χ1v) is 4.78. The number of nitro benzene ring substituents is 1. The van der Waals surface area contributed by atoms with Crippen LogP contribution in [0, 0.1) is 21.4 Å². The molecule has 0 aromatic heterocycles. The van der Waals surface area contributed by atoms with Crippen molar-refractivity contribution in [3.8, 4) is 6.07 Å². The van der Waals surface area contributed by atoms with Crippen molar-refractivity contribution in [2.45, 2.75) is 12.8 Å². The topological polar surface area (TPSA) is 93.2 Å². The van der Waals surface area contributed by atoms with Gasteiger partial charge in [-0.3, -0.25) is 14.9 Å². The molecule has 0 saturated heterocycles. The van der Waals surface area contributed by atoms with E-state index in [-0.39, 0.29) is 24.1 Å². The Kier molecular flexibility index (Phi) is 4.17. The molecule has 0 aliphatic rings. The largest absolute Gasteiger partial charge is 0.469 e. The van der Waals surface area contributed by atoms with E-state index in [2.05, 4.69) is 4.74 Å². The number of hydrogen-bond donors (Lipinski definition) is 0. The van der Waals surface area contributed by atoms with E-state index in [1.54, 1.807) is 0 Å². The van der Waals surface area contributed by atoms with Gasteiger partial charge in [-0.05, 0) is 11.6 Å². The van der Waals surface area contributed by atoms with Crippen molar-refractivity contribution in [2.75, 3.05) is 7.11 Å². The molecule has 0 fully saturated rings. The lowest BCUT2D eigenvalue weighted by molar-refractivity contribution is -0.385. The summed E-state index contributed by atoms with van der Waals surface area (Å²) < 4.78 is 4.46. The van der Waals surface area contributed by atoms with Gasteiger partial charge in [0, 0.05) is 11.6 Å². The van der Waals surface area contributed by atoms with Crippen LogP contribution in [0.25, 0.3) is 0 Å². The van der Waals surface area contributed by atoms with E-state index in [0.717, 1.165) is 0 Å². The first kappa shape index (κ1) is 12.6. The molecule has 0 unspecified atom stereocenters. The second-order valence-corrected chi connectivity index (χ2v) is 3.31. The number of carbonyl (C=O) groups is 1. The van der Waals surface area contributed by atoms with Crippen molar-refractivity contribution in [2.24, 2.45) is 0 Å². The van der Waals surface area contributed by atoms with Crippen LogP contribution in [0.2, 0.25) is 0 Å². The van der Waals surface area contributed by atoms with Gasteiger partial charge in [0.1, 0.15) is 0 Å². The quantitative estimate of drug-likeness (QED) is 0.445. The number of rotatable bonds is 4. The number of benzene rings is 1. The van der Waals surface area contributed by atoms with Gasteiger partial charge in [-0.25, -0.2) is 0 Å². The van der Waals surface area contributed by atoms with Crippen molar-refractivity contribution in [1.29, 1.82) is 5.26 Å². The highest BCUT2D eigenvalue weighted by Crippen LogP contribution is 2.21. The molecule has 6 heteroatoms. The Morgan fingerprint density at radius 2 is 2.29 bits per heavy atom. The molecule has 0 atom stereocenters. The highest BCUT2D eigenvalue weighted by atomic mass is 16.6. The lowest BCUT2D eigenvalue weighted by Gasteiger charge is -2.03. The first-order valence-electron chi connectivity index (χ1n) is 4.78. The average molecular weight is 234 g/mol. The molecular formula is C11H10N2O4. The van der Waals surface area contributed by atoms with Crippen LogP contribution in [-0.2, 0) is 22.4 Å². The molecule has 88 valence electrons. The van der Waals surface area contributed by atoms with Crippen molar-refractivity contribution < 1.29 is 14.5 Å². The summed E-state index contributed by atoms with van der Waals surface area (Å²) in [5.41, 5.74) is 0.753. The summed E-state index contributed by atoms with van der Waals surface area (Å²) in [5, 5.41) is 19.3. The van der Waals surface area contributed by atoms with E-state index in [4.69, 9.17) is 5.26 Å². The Labute approximate surface area is 97.6 Å². The fourth-order valence-corrected chi connectivity index (χ4v) is 1.39. The molecule has 0 spiro atoms. The predicted molar refractivity (Wildman–Crippen MR) is 58.1 cm³/mol. The Morgan fingerprint density at radius 3 is 2.82 bits per heavy atom. The number of hydrogen-bond acceptors (Lipinski definition) is 5. The van der Waals surface area contributed by atoms with Gasteiger partial charge in [0.25, 0.3) is 5.69 Å². The van der Waals surface area contributed by atoms with Crippen LogP contribution in [-0.4, -0.2) is 18.0 Å². The average Bonchev–Trinajstić information content (AvgIpc) is 2.29. The Balaban J connectivity index is 3.11. The minimum atomic E-state index is -0.561. The van der Waals surface area contributed by atoms with Gasteiger partial charge >= 0.3 is 5.97 Å². The molecule has 17 heavy (non-hydrogen) atoms. The first-order chi connectivity index (χ1) is 8.08. The summed E-state index contributed by atoms with van der Waals surface area (Å²) in [4.78, 5) is 21.3. The molecule has 6 nitrogen and oxygen atoms in total. The zero-order chi connectivity index (χ0) is 12.8. The van der Waals surface area contributed by atoms with E-state index in [1.165, 1.54) is 25.3 Å². The zero-order valence-corrected chi connectivity index (χ0v) is 9.17. The van der Waals surface area contributed by atoms with E-state index in [1.807, 2.05) is 6.07 Å². The second kappa shape index (κ2) is 5.61. The van der Waals surface area contributed by atoms with Gasteiger partial charge in [0.15, 0.2) is 0 Å². The van der Waals surface area contributed by atoms with Crippen LogP contribution < -0.4 is 0 Å². The van der Waals surface area contributed by atoms with E-state index < -0.39 is 10.9 Å². The third-order valence-corrected chi connectivity index (χ3v) is 2.19. The van der Waals surface area contributed by atoms with Crippen LogP contribution in [0.3, 0.4) is 0 Å². The molecule has 0 N–H and O–H groups in total. The number of ether oxygens (including phenoxy) is 1. The van der Waals surface area contributed by atoms with Gasteiger partial charge in [-0.2, -0.15) is 5.26 Å². The monoisotopic (exact) mass is 234 g/mol. The van der Waals surface area contributed by atoms with E-state index in [9.17, 15) is 14.9 Å². The van der Waals surface area contributed by atoms with Crippen LogP contribution in [0.5, 0.6) is 0 Å². The Bertz CT molecular complexity index is 491. The zero-order valence-electron chi connectivity index (χ0n) is 9.17. The summed E-state index contributed by atoms with van der Waals surface area (Å²) in [6.45, 7) is 0. The van der Waals surface area contributed by atoms with Crippen molar-refractivity contribution in [3.63, 3.8) is 0 Å². The normalized spacial score (nSPS) is 9.41. The van der Waals surface area contributed by atoms with Crippen molar-refractivity contribution >= 4 is 11.7 Å². The summed E-state index contributed by atoms with van der Waals surface area (Å²) in [6.07, 6.45) is -0.0295. The second-order valence-electron chi connectivity index (χ2n) is 3.31. The number of nitriles is 1. The third-order valence-electron chi connectivity index (χ3n) is 2.19. The maximum absolute atomic E-state index is 11.1. The molecule has 1 aromatic carbocycles. The van der Waals surface area contributed by atoms with Crippen molar-refractivity contribution in [3.05, 3.63) is 39.4 Å². The molecule has 0 aliphatic carbocycles. The number of esters is 1. The summed E-state index contributed by atoms with van der Waals surface area (Å²) in [6, 6.07) is 6.22. The maximum atomic E-state index is 11.1. The number of nitro groups is 1. The summed E-state index contributed by atoms with van der Waals surface area (Å²) >= 11 is 0. The highest BCUT2D eigenvalue weighted by molar-refractivity contribution is 5.74. The smallest absolute Gasteiger partial charge is 0.310 e. The predicted octanol–water partition coefficient (Wildman–Crippen LogP) is 1.38. The van der Waals surface area contributed by atoms with Crippen LogP contribution in [0.15, 0.2) is 18.2 Å². The lowest BCUT2D eigenvalue weighted by atomic mass is 10.0. The minimum absolute atomic E-state index is 0.142. The maximum Gasteiger partial charge on any atom is 0.310 e. The number of carbonyl (C=O) groups excluding carboxylic acids is 1. The summed E-state index contributed by atoms with van der Waals surface area (Å²) in [7, 11) is 1.22. The Morgan fingerprint density at radius 1 is 1.59 bits per heavy atom. The molecule has 0 heterocycles. The van der Waals surface area contributed by atoms with Gasteiger partial charge in [0.2, 0.25) is 0 Å². The van der Waals surface area contributed by atoms with Gasteiger partial charge in [0.05, 0.1) is 30.9 Å². The van der Waals surface area contributed by atoms with Gasteiger partial charge < -0.3 is 4.74 Å². The standard InChI is InChI=1S/C11H10N2O4/c1-17-11(14)7-9-6-8(4-5-12)2-3-10(9)13(15)16/h2-3,6H,4,7H2,1H3.